The van der Waals surface area contributed by atoms with Crippen molar-refractivity contribution in [3.8, 4) is 0 Å². The Labute approximate surface area is 88.8 Å². The summed E-state index contributed by atoms with van der Waals surface area (Å²) in [7, 11) is 1.78. The van der Waals surface area contributed by atoms with Crippen molar-refractivity contribution in [1.82, 2.24) is 4.90 Å². The van der Waals surface area contributed by atoms with Gasteiger partial charge in [0.15, 0.2) is 6.10 Å². The molecule has 2 N–H and O–H groups in total. The second-order valence-corrected chi connectivity index (χ2v) is 3.54. The maximum absolute atomic E-state index is 10.4. The molecule has 0 aliphatic rings. The highest BCUT2D eigenvalue weighted by Crippen LogP contribution is 2.02. The zero-order valence-electron chi connectivity index (χ0n) is 8.63. The van der Waals surface area contributed by atoms with Crippen molar-refractivity contribution >= 4 is 5.97 Å². The van der Waals surface area contributed by atoms with Crippen LogP contribution < -0.4 is 0 Å². The first-order valence-electron chi connectivity index (χ1n) is 4.73. The molecule has 1 unspecified atom stereocenters. The van der Waals surface area contributed by atoms with Gasteiger partial charge in [-0.1, -0.05) is 30.3 Å². The smallest absolute Gasteiger partial charge is 0.333 e. The molecule has 0 aliphatic heterocycles. The minimum atomic E-state index is -1.32. The number of aliphatic carboxylic acids is 1. The van der Waals surface area contributed by atoms with Gasteiger partial charge in [0.05, 0.1) is 0 Å². The lowest BCUT2D eigenvalue weighted by Gasteiger charge is -2.18. The van der Waals surface area contributed by atoms with Gasteiger partial charge in [0.2, 0.25) is 0 Å². The fraction of sp³-hybridized carbons (Fsp3) is 0.364. The summed E-state index contributed by atoms with van der Waals surface area (Å²) < 4.78 is 0. The van der Waals surface area contributed by atoms with Gasteiger partial charge in [-0.15, -0.1) is 0 Å². The van der Waals surface area contributed by atoms with Crippen LogP contribution in [0.25, 0.3) is 0 Å². The largest absolute Gasteiger partial charge is 0.479 e. The van der Waals surface area contributed by atoms with Crippen LogP contribution in [0.3, 0.4) is 0 Å². The molecule has 0 saturated heterocycles. The summed E-state index contributed by atoms with van der Waals surface area (Å²) in [6.45, 7) is 0.759. The average molecular weight is 209 g/mol. The van der Waals surface area contributed by atoms with Crippen LogP contribution in [0.5, 0.6) is 0 Å². The standard InChI is InChI=1S/C11H15NO3/c1-12(8-10(13)11(14)15)7-9-5-3-2-4-6-9/h2-6,10,13H,7-8H2,1H3,(H,14,15). The van der Waals surface area contributed by atoms with Gasteiger partial charge in [0.25, 0.3) is 0 Å². The molecule has 4 nitrogen and oxygen atoms in total. The van der Waals surface area contributed by atoms with Crippen LogP contribution >= 0.6 is 0 Å². The summed E-state index contributed by atoms with van der Waals surface area (Å²) in [5.74, 6) is -1.19. The van der Waals surface area contributed by atoms with Crippen molar-refractivity contribution in [2.24, 2.45) is 0 Å². The van der Waals surface area contributed by atoms with Crippen LogP contribution in [0.2, 0.25) is 0 Å². The number of rotatable bonds is 5. The minimum absolute atomic E-state index is 0.129. The molecule has 0 amide bonds. The van der Waals surface area contributed by atoms with E-state index in [0.29, 0.717) is 6.54 Å². The number of hydrogen-bond acceptors (Lipinski definition) is 3. The van der Waals surface area contributed by atoms with E-state index in [9.17, 15) is 4.79 Å². The fourth-order valence-electron chi connectivity index (χ4n) is 1.33. The maximum atomic E-state index is 10.4. The van der Waals surface area contributed by atoms with E-state index in [4.69, 9.17) is 10.2 Å². The van der Waals surface area contributed by atoms with Gasteiger partial charge < -0.3 is 10.2 Å². The number of hydrogen-bond donors (Lipinski definition) is 2. The summed E-state index contributed by atoms with van der Waals surface area (Å²) in [5.41, 5.74) is 1.09. The monoisotopic (exact) mass is 209 g/mol. The zero-order valence-corrected chi connectivity index (χ0v) is 8.63. The lowest BCUT2D eigenvalue weighted by molar-refractivity contribution is -0.147. The number of likely N-dealkylation sites (N-methyl/N-ethyl adjacent to an activating group) is 1. The molecule has 15 heavy (non-hydrogen) atoms. The molecule has 0 aromatic heterocycles. The first kappa shape index (κ1) is 11.7. The highest BCUT2D eigenvalue weighted by Gasteiger charge is 2.15. The van der Waals surface area contributed by atoms with E-state index in [-0.39, 0.29) is 6.54 Å². The number of nitrogens with zero attached hydrogens (tertiary/aromatic N) is 1. The van der Waals surface area contributed by atoms with E-state index in [1.54, 1.807) is 11.9 Å². The first-order chi connectivity index (χ1) is 7.09. The highest BCUT2D eigenvalue weighted by atomic mass is 16.4. The summed E-state index contributed by atoms with van der Waals surface area (Å²) >= 11 is 0. The lowest BCUT2D eigenvalue weighted by Crippen LogP contribution is -2.34. The molecule has 0 heterocycles. The Kier molecular flexibility index (Phi) is 4.27. The first-order valence-corrected chi connectivity index (χ1v) is 4.73. The number of benzene rings is 1. The molecular weight excluding hydrogens is 194 g/mol. The summed E-state index contributed by atoms with van der Waals surface area (Å²) in [6, 6.07) is 9.70. The number of aliphatic hydroxyl groups excluding tert-OH is 1. The van der Waals surface area contributed by atoms with E-state index in [1.165, 1.54) is 0 Å². The zero-order chi connectivity index (χ0) is 11.3. The highest BCUT2D eigenvalue weighted by molar-refractivity contribution is 5.72. The third-order valence-corrected chi connectivity index (χ3v) is 2.06. The third-order valence-electron chi connectivity index (χ3n) is 2.06. The molecule has 0 fully saturated rings. The quantitative estimate of drug-likeness (QED) is 0.744. The molecule has 0 aliphatic carbocycles. The van der Waals surface area contributed by atoms with Crippen molar-refractivity contribution in [2.75, 3.05) is 13.6 Å². The van der Waals surface area contributed by atoms with E-state index in [1.807, 2.05) is 30.3 Å². The number of carboxylic acids is 1. The van der Waals surface area contributed by atoms with E-state index >= 15 is 0 Å². The molecule has 0 saturated carbocycles. The maximum Gasteiger partial charge on any atom is 0.333 e. The molecule has 1 rings (SSSR count). The van der Waals surface area contributed by atoms with E-state index in [2.05, 4.69) is 0 Å². The predicted octanol–water partition coefficient (Wildman–Crippen LogP) is 0.564. The Morgan fingerprint density at radius 2 is 2.00 bits per heavy atom. The van der Waals surface area contributed by atoms with Crippen molar-refractivity contribution < 1.29 is 15.0 Å². The number of aliphatic hydroxyl groups is 1. The molecule has 0 spiro atoms. The van der Waals surface area contributed by atoms with Gasteiger partial charge in [0, 0.05) is 13.1 Å². The number of carboxylic acid groups (broad SMARTS) is 1. The van der Waals surface area contributed by atoms with Crippen molar-refractivity contribution in [2.45, 2.75) is 12.6 Å². The topological polar surface area (TPSA) is 60.8 Å². The Hall–Kier alpha value is -1.39. The lowest BCUT2D eigenvalue weighted by atomic mass is 10.2. The van der Waals surface area contributed by atoms with Crippen molar-refractivity contribution in [3.05, 3.63) is 35.9 Å². The van der Waals surface area contributed by atoms with Gasteiger partial charge in [-0.05, 0) is 12.6 Å². The summed E-state index contributed by atoms with van der Waals surface area (Å²) in [4.78, 5) is 12.2. The van der Waals surface area contributed by atoms with Crippen LogP contribution in [-0.2, 0) is 11.3 Å². The Morgan fingerprint density at radius 1 is 1.40 bits per heavy atom. The minimum Gasteiger partial charge on any atom is -0.479 e. The molecule has 82 valence electrons. The van der Waals surface area contributed by atoms with Gasteiger partial charge >= 0.3 is 5.97 Å². The van der Waals surface area contributed by atoms with Crippen LogP contribution in [0.4, 0.5) is 0 Å². The van der Waals surface area contributed by atoms with Gasteiger partial charge in [-0.2, -0.15) is 0 Å². The van der Waals surface area contributed by atoms with Crippen molar-refractivity contribution in [1.29, 1.82) is 0 Å². The fourth-order valence-corrected chi connectivity index (χ4v) is 1.33. The Morgan fingerprint density at radius 3 is 2.53 bits per heavy atom. The second kappa shape index (κ2) is 5.48. The molecule has 1 aromatic carbocycles. The van der Waals surface area contributed by atoms with Gasteiger partial charge in [0.1, 0.15) is 0 Å². The normalized spacial score (nSPS) is 12.7. The molecule has 1 atom stereocenters. The second-order valence-electron chi connectivity index (χ2n) is 3.54. The molecule has 0 bridgehead atoms. The summed E-state index contributed by atoms with van der Waals surface area (Å²) in [6.07, 6.45) is -1.32. The SMILES string of the molecule is CN(Cc1ccccc1)CC(O)C(=O)O. The molecule has 4 heteroatoms. The summed E-state index contributed by atoms with van der Waals surface area (Å²) in [5, 5.41) is 17.7. The van der Waals surface area contributed by atoms with Gasteiger partial charge in [-0.3, -0.25) is 4.90 Å². The van der Waals surface area contributed by atoms with Crippen LogP contribution in [0.1, 0.15) is 5.56 Å². The van der Waals surface area contributed by atoms with Gasteiger partial charge in [-0.25, -0.2) is 4.79 Å². The number of carbonyl (C=O) groups is 1. The molecule has 1 aromatic rings. The van der Waals surface area contributed by atoms with E-state index in [0.717, 1.165) is 5.56 Å². The van der Waals surface area contributed by atoms with Crippen LogP contribution in [-0.4, -0.2) is 40.8 Å². The Bertz CT molecular complexity index is 313. The third kappa shape index (κ3) is 4.10. The van der Waals surface area contributed by atoms with Crippen molar-refractivity contribution in [3.63, 3.8) is 0 Å². The Balaban J connectivity index is 2.43. The van der Waals surface area contributed by atoms with Crippen LogP contribution in [0, 0.1) is 0 Å². The average Bonchev–Trinajstić information content (AvgIpc) is 2.18. The van der Waals surface area contributed by atoms with Crippen LogP contribution in [0.15, 0.2) is 30.3 Å². The predicted molar refractivity (Wildman–Crippen MR) is 56.4 cm³/mol. The molecular formula is C11H15NO3. The van der Waals surface area contributed by atoms with E-state index < -0.39 is 12.1 Å². The molecule has 0 radical (unpaired) electrons.